The van der Waals surface area contributed by atoms with Crippen molar-refractivity contribution in [1.29, 1.82) is 0 Å². The Bertz CT molecular complexity index is 1070. The predicted molar refractivity (Wildman–Crippen MR) is 128 cm³/mol. The van der Waals surface area contributed by atoms with Crippen LogP contribution in [0.15, 0.2) is 42.1 Å². The molecule has 0 aromatic heterocycles. The number of ether oxygens (including phenoxy) is 3. The first-order valence-corrected chi connectivity index (χ1v) is 11.1. The Hall–Kier alpha value is -3.32. The molecule has 0 aliphatic carbocycles. The molecule has 176 valence electrons. The van der Waals surface area contributed by atoms with Crippen LogP contribution in [0.5, 0.6) is 11.5 Å². The summed E-state index contributed by atoms with van der Waals surface area (Å²) in [7, 11) is 3.12. The van der Waals surface area contributed by atoms with E-state index >= 15 is 0 Å². The molecule has 7 heteroatoms. The summed E-state index contributed by atoms with van der Waals surface area (Å²) in [6.45, 7) is 8.59. The number of hydrogen-bond acceptors (Lipinski definition) is 6. The monoisotopic (exact) mass is 452 g/mol. The molecule has 0 radical (unpaired) electrons. The van der Waals surface area contributed by atoms with Crippen LogP contribution in [0.1, 0.15) is 37.0 Å². The molecule has 0 saturated carbocycles. The molecule has 1 heterocycles. The third kappa shape index (κ3) is 5.37. The van der Waals surface area contributed by atoms with Gasteiger partial charge in [0, 0.05) is 19.2 Å². The first kappa shape index (κ1) is 24.3. The van der Waals surface area contributed by atoms with E-state index in [1.165, 1.54) is 4.90 Å². The fraction of sp³-hybridized carbons (Fsp3) is 0.385. The van der Waals surface area contributed by atoms with Crippen LogP contribution in [-0.4, -0.2) is 50.2 Å². The zero-order chi connectivity index (χ0) is 24.1. The van der Waals surface area contributed by atoms with Gasteiger partial charge in [0.25, 0.3) is 11.8 Å². The number of anilines is 1. The SMILES string of the molecule is COc1ccc(OC)c(NC2=C(c3ccc(C)cc3C)C(=O)N(CCCOC(C)C)C2=O)c1. The van der Waals surface area contributed by atoms with Crippen molar-refractivity contribution in [2.75, 3.05) is 32.7 Å². The first-order valence-electron chi connectivity index (χ1n) is 11.1. The Morgan fingerprint density at radius 1 is 0.970 bits per heavy atom. The van der Waals surface area contributed by atoms with Crippen LogP contribution >= 0.6 is 0 Å². The number of carbonyl (C=O) groups is 2. The third-order valence-corrected chi connectivity index (χ3v) is 5.46. The Balaban J connectivity index is 2.02. The van der Waals surface area contributed by atoms with Gasteiger partial charge in [0.15, 0.2) is 0 Å². The van der Waals surface area contributed by atoms with Crippen molar-refractivity contribution in [1.82, 2.24) is 4.90 Å². The highest BCUT2D eigenvalue weighted by Gasteiger charge is 2.39. The lowest BCUT2D eigenvalue weighted by molar-refractivity contribution is -0.137. The normalized spacial score (nSPS) is 13.8. The number of benzene rings is 2. The summed E-state index contributed by atoms with van der Waals surface area (Å²) >= 11 is 0. The minimum atomic E-state index is -0.371. The quantitative estimate of drug-likeness (QED) is 0.427. The van der Waals surface area contributed by atoms with Crippen molar-refractivity contribution in [3.8, 4) is 11.5 Å². The number of nitrogens with one attached hydrogen (secondary N) is 1. The van der Waals surface area contributed by atoms with Gasteiger partial charge in [-0.2, -0.15) is 0 Å². The molecule has 0 bridgehead atoms. The van der Waals surface area contributed by atoms with Gasteiger partial charge in [-0.25, -0.2) is 0 Å². The fourth-order valence-corrected chi connectivity index (χ4v) is 3.83. The number of carbonyl (C=O) groups excluding carboxylic acids is 2. The minimum absolute atomic E-state index is 0.0941. The summed E-state index contributed by atoms with van der Waals surface area (Å²) in [5.74, 6) is 0.448. The summed E-state index contributed by atoms with van der Waals surface area (Å²) in [6.07, 6.45) is 0.655. The molecule has 1 aliphatic rings. The Morgan fingerprint density at radius 2 is 1.73 bits per heavy atom. The molecule has 1 N–H and O–H groups in total. The van der Waals surface area contributed by atoms with Crippen molar-refractivity contribution < 1.29 is 23.8 Å². The van der Waals surface area contributed by atoms with Crippen molar-refractivity contribution in [2.45, 2.75) is 40.2 Å². The second kappa shape index (κ2) is 10.5. The number of rotatable bonds is 10. The number of imide groups is 1. The average Bonchev–Trinajstić information content (AvgIpc) is 3.00. The minimum Gasteiger partial charge on any atom is -0.497 e. The highest BCUT2D eigenvalue weighted by Crippen LogP contribution is 2.36. The van der Waals surface area contributed by atoms with E-state index in [9.17, 15) is 9.59 Å². The second-order valence-electron chi connectivity index (χ2n) is 8.29. The topological polar surface area (TPSA) is 77.1 Å². The Morgan fingerprint density at radius 3 is 2.36 bits per heavy atom. The average molecular weight is 453 g/mol. The van der Waals surface area contributed by atoms with E-state index in [1.807, 2.05) is 45.9 Å². The molecule has 7 nitrogen and oxygen atoms in total. The number of hydrogen-bond donors (Lipinski definition) is 1. The summed E-state index contributed by atoms with van der Waals surface area (Å²) in [5, 5.41) is 3.18. The molecule has 2 aromatic carbocycles. The Labute approximate surface area is 195 Å². The maximum atomic E-state index is 13.5. The summed E-state index contributed by atoms with van der Waals surface area (Å²) in [5.41, 5.74) is 3.85. The largest absolute Gasteiger partial charge is 0.497 e. The molecule has 0 fully saturated rings. The molecule has 0 saturated heterocycles. The zero-order valence-corrected chi connectivity index (χ0v) is 20.2. The second-order valence-corrected chi connectivity index (χ2v) is 8.29. The molecule has 0 spiro atoms. The van der Waals surface area contributed by atoms with Gasteiger partial charge in [0.2, 0.25) is 0 Å². The van der Waals surface area contributed by atoms with Crippen LogP contribution in [0.4, 0.5) is 5.69 Å². The predicted octanol–water partition coefficient (Wildman–Crippen LogP) is 4.33. The lowest BCUT2D eigenvalue weighted by atomic mass is 9.97. The van der Waals surface area contributed by atoms with E-state index in [-0.39, 0.29) is 30.2 Å². The van der Waals surface area contributed by atoms with E-state index in [4.69, 9.17) is 14.2 Å². The molecular formula is C26H32N2O5. The van der Waals surface area contributed by atoms with E-state index in [0.717, 1.165) is 16.7 Å². The van der Waals surface area contributed by atoms with E-state index in [2.05, 4.69) is 5.32 Å². The van der Waals surface area contributed by atoms with Gasteiger partial charge in [-0.3, -0.25) is 14.5 Å². The third-order valence-electron chi connectivity index (χ3n) is 5.46. The van der Waals surface area contributed by atoms with Gasteiger partial charge in [0.1, 0.15) is 17.2 Å². The van der Waals surface area contributed by atoms with Crippen LogP contribution in [0, 0.1) is 13.8 Å². The lowest BCUT2D eigenvalue weighted by Crippen LogP contribution is -2.34. The van der Waals surface area contributed by atoms with Crippen molar-refractivity contribution in [2.24, 2.45) is 0 Å². The molecular weight excluding hydrogens is 420 g/mol. The van der Waals surface area contributed by atoms with Crippen molar-refractivity contribution in [3.63, 3.8) is 0 Å². The summed E-state index contributed by atoms with van der Waals surface area (Å²) < 4.78 is 16.4. The van der Waals surface area contributed by atoms with Crippen LogP contribution in [0.3, 0.4) is 0 Å². The number of aryl methyl sites for hydroxylation is 2. The van der Waals surface area contributed by atoms with Gasteiger partial charge in [-0.15, -0.1) is 0 Å². The highest BCUT2D eigenvalue weighted by molar-refractivity contribution is 6.36. The maximum Gasteiger partial charge on any atom is 0.278 e. The highest BCUT2D eigenvalue weighted by atomic mass is 16.5. The summed E-state index contributed by atoms with van der Waals surface area (Å²) in [6, 6.07) is 11.1. The fourth-order valence-electron chi connectivity index (χ4n) is 3.83. The Kier molecular flexibility index (Phi) is 7.76. The standard InChI is InChI=1S/C26H32N2O5/c1-16(2)33-13-7-12-28-25(29)23(20-10-8-17(3)14-18(20)4)24(26(28)30)27-21-15-19(31-5)9-11-22(21)32-6/h8-11,14-16,27H,7,12-13H2,1-6H3. The van der Waals surface area contributed by atoms with Crippen LogP contribution < -0.4 is 14.8 Å². The van der Waals surface area contributed by atoms with Crippen molar-refractivity contribution in [3.05, 3.63) is 58.8 Å². The maximum absolute atomic E-state index is 13.5. The first-order chi connectivity index (χ1) is 15.8. The van der Waals surface area contributed by atoms with Crippen LogP contribution in [0.25, 0.3) is 5.57 Å². The van der Waals surface area contributed by atoms with Gasteiger partial charge >= 0.3 is 0 Å². The molecule has 0 atom stereocenters. The number of amides is 2. The van der Waals surface area contributed by atoms with Crippen molar-refractivity contribution >= 4 is 23.1 Å². The number of nitrogens with zero attached hydrogens (tertiary/aromatic N) is 1. The molecule has 33 heavy (non-hydrogen) atoms. The van der Waals surface area contributed by atoms with Gasteiger partial charge in [0.05, 0.1) is 31.6 Å². The number of methoxy groups -OCH3 is 2. The van der Waals surface area contributed by atoms with E-state index in [0.29, 0.717) is 35.8 Å². The van der Waals surface area contributed by atoms with E-state index < -0.39 is 0 Å². The van der Waals surface area contributed by atoms with Gasteiger partial charge < -0.3 is 19.5 Å². The zero-order valence-electron chi connectivity index (χ0n) is 20.2. The molecule has 3 rings (SSSR count). The van der Waals surface area contributed by atoms with Crippen LogP contribution in [0.2, 0.25) is 0 Å². The smallest absolute Gasteiger partial charge is 0.278 e. The van der Waals surface area contributed by atoms with Crippen LogP contribution in [-0.2, 0) is 14.3 Å². The molecule has 1 aliphatic heterocycles. The summed E-state index contributed by atoms with van der Waals surface area (Å²) in [4.78, 5) is 28.2. The van der Waals surface area contributed by atoms with E-state index in [1.54, 1.807) is 32.4 Å². The molecule has 2 aromatic rings. The molecule has 0 unspecified atom stereocenters. The molecule has 2 amide bonds. The van der Waals surface area contributed by atoms with Gasteiger partial charge in [-0.05, 0) is 57.4 Å². The lowest BCUT2D eigenvalue weighted by Gasteiger charge is -2.16. The van der Waals surface area contributed by atoms with Gasteiger partial charge in [-0.1, -0.05) is 23.8 Å².